The zero-order valence-corrected chi connectivity index (χ0v) is 14.1. The van der Waals surface area contributed by atoms with Crippen LogP contribution in [0.15, 0.2) is 47.6 Å². The van der Waals surface area contributed by atoms with Gasteiger partial charge < -0.3 is 15.4 Å². The molecule has 0 aliphatic heterocycles. The summed E-state index contributed by atoms with van der Waals surface area (Å²) in [4.78, 5) is 8.77. The van der Waals surface area contributed by atoms with Gasteiger partial charge in [-0.15, -0.1) is 0 Å². The standard InChI is InChI=1S/C18H23FN4O/c1-3-20-18(22-11-9-15-6-4-5-10-21-15)23-13-14-7-8-17(24-2)16(19)12-14/h4-8,10,12H,3,9,11,13H2,1-2H3,(H2,20,22,23). The van der Waals surface area contributed by atoms with Crippen LogP contribution in [0, 0.1) is 5.82 Å². The lowest BCUT2D eigenvalue weighted by Crippen LogP contribution is -2.38. The number of guanidine groups is 1. The second-order valence-electron chi connectivity index (χ2n) is 5.16. The van der Waals surface area contributed by atoms with E-state index in [0.29, 0.717) is 12.5 Å². The Kier molecular flexibility index (Phi) is 7.01. The molecule has 128 valence electrons. The summed E-state index contributed by atoms with van der Waals surface area (Å²) in [5.41, 5.74) is 1.81. The molecule has 1 aromatic carbocycles. The number of aromatic nitrogens is 1. The van der Waals surface area contributed by atoms with E-state index in [1.54, 1.807) is 12.3 Å². The molecule has 0 aliphatic rings. The molecule has 0 fully saturated rings. The van der Waals surface area contributed by atoms with Crippen LogP contribution >= 0.6 is 0 Å². The number of nitrogens with one attached hydrogen (secondary N) is 2. The molecule has 6 heteroatoms. The SMILES string of the molecule is CCNC(=NCc1ccc(OC)c(F)c1)NCCc1ccccn1. The first-order valence-corrected chi connectivity index (χ1v) is 7.97. The van der Waals surface area contributed by atoms with E-state index in [1.807, 2.05) is 31.2 Å². The molecule has 1 aromatic heterocycles. The highest BCUT2D eigenvalue weighted by atomic mass is 19.1. The molecule has 2 N–H and O–H groups in total. The number of hydrogen-bond acceptors (Lipinski definition) is 3. The van der Waals surface area contributed by atoms with Gasteiger partial charge in [0, 0.05) is 31.4 Å². The normalized spacial score (nSPS) is 11.2. The highest BCUT2D eigenvalue weighted by Crippen LogP contribution is 2.17. The van der Waals surface area contributed by atoms with E-state index in [0.717, 1.165) is 30.8 Å². The lowest BCUT2D eigenvalue weighted by molar-refractivity contribution is 0.386. The Hall–Kier alpha value is -2.63. The minimum absolute atomic E-state index is 0.239. The summed E-state index contributed by atoms with van der Waals surface area (Å²) < 4.78 is 18.6. The van der Waals surface area contributed by atoms with Gasteiger partial charge in [-0.2, -0.15) is 0 Å². The van der Waals surface area contributed by atoms with Crippen molar-refractivity contribution >= 4 is 5.96 Å². The van der Waals surface area contributed by atoms with Crippen molar-refractivity contribution < 1.29 is 9.13 Å². The number of benzene rings is 1. The third-order valence-corrected chi connectivity index (χ3v) is 3.38. The van der Waals surface area contributed by atoms with Crippen molar-refractivity contribution in [2.24, 2.45) is 4.99 Å². The molecular weight excluding hydrogens is 307 g/mol. The topological polar surface area (TPSA) is 58.5 Å². The summed E-state index contributed by atoms with van der Waals surface area (Å²) >= 11 is 0. The van der Waals surface area contributed by atoms with E-state index in [9.17, 15) is 4.39 Å². The predicted octanol–water partition coefficient (Wildman–Crippen LogP) is 2.53. The van der Waals surface area contributed by atoms with Crippen LogP contribution in [0.2, 0.25) is 0 Å². The molecule has 0 atom stereocenters. The molecule has 0 radical (unpaired) electrons. The van der Waals surface area contributed by atoms with Gasteiger partial charge in [-0.3, -0.25) is 4.98 Å². The van der Waals surface area contributed by atoms with Gasteiger partial charge in [0.1, 0.15) is 0 Å². The molecule has 0 unspecified atom stereocenters. The number of ether oxygens (including phenoxy) is 1. The molecule has 2 rings (SSSR count). The van der Waals surface area contributed by atoms with E-state index < -0.39 is 0 Å². The first kappa shape index (κ1) is 17.7. The molecule has 0 bridgehead atoms. The van der Waals surface area contributed by atoms with Crippen LogP contribution in [0.5, 0.6) is 5.75 Å². The number of hydrogen-bond donors (Lipinski definition) is 2. The summed E-state index contributed by atoms with van der Waals surface area (Å²) in [6, 6.07) is 10.7. The third-order valence-electron chi connectivity index (χ3n) is 3.38. The van der Waals surface area contributed by atoms with Crippen molar-refractivity contribution in [3.05, 3.63) is 59.7 Å². The number of aliphatic imine (C=N–C) groups is 1. The summed E-state index contributed by atoms with van der Waals surface area (Å²) in [7, 11) is 1.45. The molecule has 5 nitrogen and oxygen atoms in total. The first-order valence-electron chi connectivity index (χ1n) is 7.97. The smallest absolute Gasteiger partial charge is 0.191 e. The molecular formula is C18H23FN4O. The van der Waals surface area contributed by atoms with Crippen molar-refractivity contribution in [3.8, 4) is 5.75 Å². The maximum atomic E-state index is 13.7. The van der Waals surface area contributed by atoms with Crippen LogP contribution < -0.4 is 15.4 Å². The van der Waals surface area contributed by atoms with E-state index >= 15 is 0 Å². The predicted molar refractivity (Wildman–Crippen MR) is 93.7 cm³/mol. The van der Waals surface area contributed by atoms with Crippen LogP contribution in [0.1, 0.15) is 18.2 Å². The zero-order valence-electron chi connectivity index (χ0n) is 14.1. The van der Waals surface area contributed by atoms with E-state index in [4.69, 9.17) is 4.74 Å². The van der Waals surface area contributed by atoms with Gasteiger partial charge in [-0.05, 0) is 36.8 Å². The lowest BCUT2D eigenvalue weighted by atomic mass is 10.2. The van der Waals surface area contributed by atoms with Gasteiger partial charge >= 0.3 is 0 Å². The van der Waals surface area contributed by atoms with Crippen LogP contribution in [0.4, 0.5) is 4.39 Å². The molecule has 0 saturated carbocycles. The lowest BCUT2D eigenvalue weighted by Gasteiger charge is -2.11. The molecule has 2 aromatic rings. The first-order chi connectivity index (χ1) is 11.7. The summed E-state index contributed by atoms with van der Waals surface area (Å²) in [5.74, 6) is 0.561. The molecule has 0 saturated heterocycles. The minimum atomic E-state index is -0.377. The quantitative estimate of drug-likeness (QED) is 0.605. The Balaban J connectivity index is 1.91. The second kappa shape index (κ2) is 9.50. The second-order valence-corrected chi connectivity index (χ2v) is 5.16. The van der Waals surface area contributed by atoms with Gasteiger partial charge in [0.05, 0.1) is 13.7 Å². The molecule has 0 spiro atoms. The summed E-state index contributed by atoms with van der Waals surface area (Å²) in [5, 5.41) is 6.43. The maximum absolute atomic E-state index is 13.7. The fraction of sp³-hybridized carbons (Fsp3) is 0.333. The van der Waals surface area contributed by atoms with Gasteiger partial charge in [-0.25, -0.2) is 9.38 Å². The maximum Gasteiger partial charge on any atom is 0.191 e. The average molecular weight is 330 g/mol. The Labute approximate surface area is 142 Å². The van der Waals surface area contributed by atoms with Crippen LogP contribution in [-0.4, -0.2) is 31.1 Å². The van der Waals surface area contributed by atoms with Crippen molar-refractivity contribution in [1.29, 1.82) is 0 Å². The Morgan fingerprint density at radius 2 is 2.12 bits per heavy atom. The Morgan fingerprint density at radius 3 is 2.79 bits per heavy atom. The summed E-state index contributed by atoms with van der Waals surface area (Å²) in [6.45, 7) is 3.87. The Bertz CT molecular complexity index is 661. The van der Waals surface area contributed by atoms with Crippen molar-refractivity contribution in [1.82, 2.24) is 15.6 Å². The number of nitrogens with zero attached hydrogens (tertiary/aromatic N) is 2. The average Bonchev–Trinajstić information content (AvgIpc) is 2.60. The van der Waals surface area contributed by atoms with Gasteiger partial charge in [0.25, 0.3) is 0 Å². The molecule has 24 heavy (non-hydrogen) atoms. The van der Waals surface area contributed by atoms with Gasteiger partial charge in [0.15, 0.2) is 17.5 Å². The van der Waals surface area contributed by atoms with Crippen LogP contribution in [-0.2, 0) is 13.0 Å². The fourth-order valence-electron chi connectivity index (χ4n) is 2.18. The van der Waals surface area contributed by atoms with Crippen molar-refractivity contribution in [3.63, 3.8) is 0 Å². The largest absolute Gasteiger partial charge is 0.494 e. The fourth-order valence-corrected chi connectivity index (χ4v) is 2.18. The van der Waals surface area contributed by atoms with E-state index in [1.165, 1.54) is 13.2 Å². The number of rotatable bonds is 7. The highest BCUT2D eigenvalue weighted by Gasteiger charge is 2.04. The molecule has 0 aliphatic carbocycles. The van der Waals surface area contributed by atoms with Crippen molar-refractivity contribution in [2.75, 3.05) is 20.2 Å². The molecule has 0 amide bonds. The Morgan fingerprint density at radius 1 is 1.25 bits per heavy atom. The van der Waals surface area contributed by atoms with Gasteiger partial charge in [-0.1, -0.05) is 12.1 Å². The number of pyridine rings is 1. The zero-order chi connectivity index (χ0) is 17.2. The highest BCUT2D eigenvalue weighted by molar-refractivity contribution is 5.79. The van der Waals surface area contributed by atoms with E-state index in [2.05, 4.69) is 20.6 Å². The van der Waals surface area contributed by atoms with Crippen LogP contribution in [0.3, 0.4) is 0 Å². The third kappa shape index (κ3) is 5.53. The van der Waals surface area contributed by atoms with Crippen LogP contribution in [0.25, 0.3) is 0 Å². The summed E-state index contributed by atoms with van der Waals surface area (Å²) in [6.07, 6.45) is 2.59. The number of halogens is 1. The van der Waals surface area contributed by atoms with Gasteiger partial charge in [0.2, 0.25) is 0 Å². The van der Waals surface area contributed by atoms with Crippen molar-refractivity contribution in [2.45, 2.75) is 19.9 Å². The minimum Gasteiger partial charge on any atom is -0.494 e. The molecule has 1 heterocycles. The number of methoxy groups -OCH3 is 1. The van der Waals surface area contributed by atoms with E-state index in [-0.39, 0.29) is 11.6 Å². The monoisotopic (exact) mass is 330 g/mol.